The van der Waals surface area contributed by atoms with Crippen molar-refractivity contribution in [1.82, 2.24) is 10.2 Å². The van der Waals surface area contributed by atoms with Gasteiger partial charge in [-0.15, -0.1) is 0 Å². The van der Waals surface area contributed by atoms with Crippen LogP contribution in [0.3, 0.4) is 0 Å². The molecule has 1 aliphatic heterocycles. The highest BCUT2D eigenvalue weighted by atomic mass is 19.1. The van der Waals surface area contributed by atoms with Crippen LogP contribution in [0.1, 0.15) is 39.7 Å². The molecule has 0 bridgehead atoms. The first-order chi connectivity index (χ1) is 9.83. The van der Waals surface area contributed by atoms with Gasteiger partial charge in [-0.3, -0.25) is 4.90 Å². The van der Waals surface area contributed by atoms with Crippen LogP contribution in [0.2, 0.25) is 0 Å². The van der Waals surface area contributed by atoms with Crippen LogP contribution in [0, 0.1) is 17.6 Å². The van der Waals surface area contributed by atoms with Crippen molar-refractivity contribution in [2.75, 3.05) is 13.1 Å². The smallest absolute Gasteiger partial charge is 0.127 e. The molecule has 1 N–H and O–H groups in total. The third kappa shape index (κ3) is 3.80. The van der Waals surface area contributed by atoms with Gasteiger partial charge in [0.1, 0.15) is 11.6 Å². The van der Waals surface area contributed by atoms with E-state index < -0.39 is 0 Å². The molecule has 0 aromatic heterocycles. The zero-order valence-corrected chi connectivity index (χ0v) is 13.4. The second-order valence-electron chi connectivity index (χ2n) is 6.80. The van der Waals surface area contributed by atoms with Gasteiger partial charge in [0.05, 0.1) is 0 Å². The van der Waals surface area contributed by atoms with E-state index in [4.69, 9.17) is 0 Å². The monoisotopic (exact) mass is 296 g/mol. The quantitative estimate of drug-likeness (QED) is 0.914. The summed E-state index contributed by atoms with van der Waals surface area (Å²) in [5.74, 6) is -0.135. The minimum absolute atomic E-state index is 0.0667. The van der Waals surface area contributed by atoms with E-state index >= 15 is 0 Å². The summed E-state index contributed by atoms with van der Waals surface area (Å²) in [7, 11) is 0. The summed E-state index contributed by atoms with van der Waals surface area (Å²) >= 11 is 0. The van der Waals surface area contributed by atoms with Crippen LogP contribution in [0.15, 0.2) is 18.2 Å². The van der Waals surface area contributed by atoms with Crippen molar-refractivity contribution in [3.8, 4) is 0 Å². The number of nitrogens with zero attached hydrogens (tertiary/aromatic N) is 1. The molecule has 2 nitrogen and oxygen atoms in total. The molecule has 1 saturated heterocycles. The van der Waals surface area contributed by atoms with E-state index in [1.807, 2.05) is 0 Å². The maximum absolute atomic E-state index is 13.9. The summed E-state index contributed by atoms with van der Waals surface area (Å²) < 4.78 is 27.2. The van der Waals surface area contributed by atoms with Crippen LogP contribution in [-0.4, -0.2) is 29.6 Å². The second kappa shape index (κ2) is 6.41. The average Bonchev–Trinajstić information content (AvgIpc) is 2.44. The normalized spacial score (nSPS) is 24.0. The highest BCUT2D eigenvalue weighted by Gasteiger charge is 2.35. The molecule has 2 rings (SSSR count). The van der Waals surface area contributed by atoms with Crippen LogP contribution >= 0.6 is 0 Å². The summed E-state index contributed by atoms with van der Waals surface area (Å²) in [4.78, 5) is 2.26. The van der Waals surface area contributed by atoms with E-state index in [-0.39, 0.29) is 17.2 Å². The molecule has 0 radical (unpaired) electrons. The molecule has 21 heavy (non-hydrogen) atoms. The molecule has 2 atom stereocenters. The highest BCUT2D eigenvalue weighted by molar-refractivity contribution is 5.19. The number of nitrogens with one attached hydrogen (secondary N) is 1. The Morgan fingerprint density at radius 1 is 1.38 bits per heavy atom. The third-order valence-corrected chi connectivity index (χ3v) is 4.77. The summed E-state index contributed by atoms with van der Waals surface area (Å²) in [5, 5.41) is 3.59. The van der Waals surface area contributed by atoms with Gasteiger partial charge in [-0.05, 0) is 38.0 Å². The van der Waals surface area contributed by atoms with Crippen LogP contribution in [0.4, 0.5) is 8.78 Å². The molecule has 2 unspecified atom stereocenters. The molecule has 0 amide bonds. The van der Waals surface area contributed by atoms with E-state index in [0.29, 0.717) is 24.1 Å². The van der Waals surface area contributed by atoms with E-state index in [0.717, 1.165) is 19.5 Å². The fourth-order valence-corrected chi connectivity index (χ4v) is 2.86. The largest absolute Gasteiger partial charge is 0.311 e. The molecule has 4 heteroatoms. The molecule has 0 spiro atoms. The van der Waals surface area contributed by atoms with Gasteiger partial charge in [-0.1, -0.05) is 20.3 Å². The molecule has 0 aliphatic carbocycles. The fraction of sp³-hybridized carbons (Fsp3) is 0.647. The molecule has 1 heterocycles. The number of piperazine rings is 1. The Labute approximate surface area is 126 Å². The van der Waals surface area contributed by atoms with Crippen molar-refractivity contribution in [3.63, 3.8) is 0 Å². The van der Waals surface area contributed by atoms with Gasteiger partial charge in [0.2, 0.25) is 0 Å². The standard InChI is InChI=1S/C17H26F2N2/c1-5-12(2)16-10-21(17(3,4)11-20-16)9-13-8-14(18)6-7-15(13)19/h6-8,12,16,20H,5,9-11H2,1-4H3. The Kier molecular flexibility index (Phi) is 4.99. The van der Waals surface area contributed by atoms with Gasteiger partial charge in [0, 0.05) is 36.8 Å². The zero-order valence-electron chi connectivity index (χ0n) is 13.4. The Hall–Kier alpha value is -1.00. The number of benzene rings is 1. The lowest BCUT2D eigenvalue weighted by Gasteiger charge is -2.47. The molecule has 1 aromatic rings. The molecular weight excluding hydrogens is 270 g/mol. The molecule has 1 fully saturated rings. The summed E-state index contributed by atoms with van der Waals surface area (Å²) in [6.45, 7) is 10.9. The number of halogens is 2. The minimum Gasteiger partial charge on any atom is -0.311 e. The van der Waals surface area contributed by atoms with Crippen molar-refractivity contribution < 1.29 is 8.78 Å². The van der Waals surface area contributed by atoms with Gasteiger partial charge in [-0.2, -0.15) is 0 Å². The van der Waals surface area contributed by atoms with E-state index in [1.165, 1.54) is 18.2 Å². The highest BCUT2D eigenvalue weighted by Crippen LogP contribution is 2.25. The average molecular weight is 296 g/mol. The predicted molar refractivity (Wildman–Crippen MR) is 82.1 cm³/mol. The summed E-state index contributed by atoms with van der Waals surface area (Å²) in [6.07, 6.45) is 1.11. The van der Waals surface area contributed by atoms with Crippen molar-refractivity contribution >= 4 is 0 Å². The Bertz CT molecular complexity index is 488. The van der Waals surface area contributed by atoms with Crippen LogP contribution in [-0.2, 0) is 6.54 Å². The van der Waals surface area contributed by atoms with E-state index in [9.17, 15) is 8.78 Å². The maximum atomic E-state index is 13.9. The lowest BCUT2D eigenvalue weighted by atomic mass is 9.90. The SMILES string of the molecule is CCC(C)C1CN(Cc2cc(F)ccc2F)C(C)(C)CN1. The number of hydrogen-bond acceptors (Lipinski definition) is 2. The van der Waals surface area contributed by atoms with E-state index in [1.54, 1.807) is 0 Å². The van der Waals surface area contributed by atoms with Gasteiger partial charge in [0.25, 0.3) is 0 Å². The molecule has 0 saturated carbocycles. The number of rotatable bonds is 4. The van der Waals surface area contributed by atoms with Gasteiger partial charge >= 0.3 is 0 Å². The lowest BCUT2D eigenvalue weighted by molar-refractivity contribution is 0.0439. The van der Waals surface area contributed by atoms with Gasteiger partial charge in [-0.25, -0.2) is 8.78 Å². The van der Waals surface area contributed by atoms with Crippen LogP contribution in [0.25, 0.3) is 0 Å². The van der Waals surface area contributed by atoms with Crippen molar-refractivity contribution in [2.45, 2.75) is 52.2 Å². The Morgan fingerprint density at radius 2 is 2.10 bits per heavy atom. The second-order valence-corrected chi connectivity index (χ2v) is 6.80. The molecule has 1 aliphatic rings. The first-order valence-corrected chi connectivity index (χ1v) is 7.76. The van der Waals surface area contributed by atoms with Crippen LogP contribution in [0.5, 0.6) is 0 Å². The summed E-state index contributed by atoms with van der Waals surface area (Å²) in [5.41, 5.74) is 0.371. The van der Waals surface area contributed by atoms with Gasteiger partial charge < -0.3 is 5.32 Å². The Balaban J connectivity index is 2.16. The van der Waals surface area contributed by atoms with Crippen molar-refractivity contribution in [1.29, 1.82) is 0 Å². The first-order valence-electron chi connectivity index (χ1n) is 7.76. The topological polar surface area (TPSA) is 15.3 Å². The predicted octanol–water partition coefficient (Wildman–Crippen LogP) is 3.56. The van der Waals surface area contributed by atoms with Crippen LogP contribution < -0.4 is 5.32 Å². The zero-order chi connectivity index (χ0) is 15.6. The molecular formula is C17H26F2N2. The molecule has 118 valence electrons. The number of hydrogen-bond donors (Lipinski definition) is 1. The lowest BCUT2D eigenvalue weighted by Crippen LogP contribution is -2.62. The third-order valence-electron chi connectivity index (χ3n) is 4.77. The maximum Gasteiger partial charge on any atom is 0.127 e. The van der Waals surface area contributed by atoms with Crippen molar-refractivity contribution in [2.24, 2.45) is 5.92 Å². The van der Waals surface area contributed by atoms with Crippen molar-refractivity contribution in [3.05, 3.63) is 35.4 Å². The minimum atomic E-state index is -0.377. The molecule has 1 aromatic carbocycles. The Morgan fingerprint density at radius 3 is 2.76 bits per heavy atom. The summed E-state index contributed by atoms with van der Waals surface area (Å²) in [6, 6.07) is 4.10. The fourth-order valence-electron chi connectivity index (χ4n) is 2.86. The van der Waals surface area contributed by atoms with Gasteiger partial charge in [0.15, 0.2) is 0 Å². The first kappa shape index (κ1) is 16.4. The van der Waals surface area contributed by atoms with E-state index in [2.05, 4.69) is 37.9 Å².